The summed E-state index contributed by atoms with van der Waals surface area (Å²) < 4.78 is 0. The summed E-state index contributed by atoms with van der Waals surface area (Å²) in [7, 11) is 0. The first-order chi connectivity index (χ1) is 8.63. The van der Waals surface area contributed by atoms with Gasteiger partial charge in [0.05, 0.1) is 0 Å². The Bertz CT molecular complexity index is 469. The maximum Gasteiger partial charge on any atom is 0.227 e. The maximum atomic E-state index is 4.33. The van der Waals surface area contributed by atoms with Gasteiger partial charge in [-0.2, -0.15) is 0 Å². The van der Waals surface area contributed by atoms with E-state index in [9.17, 15) is 0 Å². The summed E-state index contributed by atoms with van der Waals surface area (Å²) >= 11 is 0. The number of nitrogens with zero attached hydrogens (tertiary/aromatic N) is 2. The largest absolute Gasteiger partial charge is 0.324 e. The van der Waals surface area contributed by atoms with Crippen molar-refractivity contribution in [3.63, 3.8) is 0 Å². The van der Waals surface area contributed by atoms with Crippen LogP contribution < -0.4 is 5.32 Å². The fourth-order valence-electron chi connectivity index (χ4n) is 1.55. The van der Waals surface area contributed by atoms with Crippen LogP contribution in [0.25, 0.3) is 0 Å². The van der Waals surface area contributed by atoms with Gasteiger partial charge in [-0.15, -0.1) is 0 Å². The maximum absolute atomic E-state index is 4.33. The van der Waals surface area contributed by atoms with Gasteiger partial charge in [-0.3, -0.25) is 0 Å². The van der Waals surface area contributed by atoms with E-state index in [-0.39, 0.29) is 0 Å². The number of aromatic nitrogens is 2. The average Bonchev–Trinajstić information content (AvgIpc) is 2.33. The molecule has 96 valence electrons. The summed E-state index contributed by atoms with van der Waals surface area (Å²) in [5.41, 5.74) is 4.20. The molecule has 2 rings (SSSR count). The number of benzene rings is 1. The summed E-state index contributed by atoms with van der Waals surface area (Å²) in [5, 5.41) is 3.19. The summed E-state index contributed by atoms with van der Waals surface area (Å²) in [5.74, 6) is 0.654. The topological polar surface area (TPSA) is 37.8 Å². The average molecular weight is 243 g/mol. The second-order valence-corrected chi connectivity index (χ2v) is 3.97. The smallest absolute Gasteiger partial charge is 0.227 e. The minimum Gasteiger partial charge on any atom is -0.324 e. The fourth-order valence-corrected chi connectivity index (χ4v) is 1.55. The van der Waals surface area contributed by atoms with E-state index >= 15 is 0 Å². The van der Waals surface area contributed by atoms with Crippen LogP contribution in [-0.4, -0.2) is 9.97 Å². The molecule has 1 N–H and O–H groups in total. The standard InChI is InChI=1S/C13H15N3.C2H6/c1-9-4-6-12(7-5-9)16-13-14-10(2)8-11(3)15-13;1-2/h4-8H,1-3H3,(H,14,15,16);1-2H3. The zero-order valence-electron chi connectivity index (χ0n) is 11.8. The second-order valence-electron chi connectivity index (χ2n) is 3.97. The fraction of sp³-hybridized carbons (Fsp3) is 0.333. The number of aryl methyl sites for hydroxylation is 3. The van der Waals surface area contributed by atoms with Gasteiger partial charge in [-0.25, -0.2) is 9.97 Å². The SMILES string of the molecule is CC.Cc1ccc(Nc2nc(C)cc(C)n2)cc1. The number of hydrogen-bond acceptors (Lipinski definition) is 3. The number of nitrogens with one attached hydrogen (secondary N) is 1. The lowest BCUT2D eigenvalue weighted by Crippen LogP contribution is -1.99. The van der Waals surface area contributed by atoms with Gasteiger partial charge >= 0.3 is 0 Å². The Labute approximate surface area is 109 Å². The Kier molecular flexibility index (Phi) is 5.31. The minimum atomic E-state index is 0.654. The van der Waals surface area contributed by atoms with E-state index in [0.717, 1.165) is 17.1 Å². The lowest BCUT2D eigenvalue weighted by molar-refractivity contribution is 1.06. The third-order valence-corrected chi connectivity index (χ3v) is 2.29. The van der Waals surface area contributed by atoms with Gasteiger partial charge in [-0.05, 0) is 39.0 Å². The molecule has 0 aliphatic carbocycles. The van der Waals surface area contributed by atoms with Gasteiger partial charge in [0, 0.05) is 17.1 Å². The van der Waals surface area contributed by atoms with Crippen LogP contribution in [0.4, 0.5) is 11.6 Å². The van der Waals surface area contributed by atoms with Gasteiger partial charge in [0.15, 0.2) is 0 Å². The summed E-state index contributed by atoms with van der Waals surface area (Å²) in [4.78, 5) is 8.66. The van der Waals surface area contributed by atoms with Crippen molar-refractivity contribution < 1.29 is 0 Å². The first kappa shape index (κ1) is 14.2. The van der Waals surface area contributed by atoms with E-state index in [4.69, 9.17) is 0 Å². The number of hydrogen-bond donors (Lipinski definition) is 1. The van der Waals surface area contributed by atoms with Crippen LogP contribution in [0.2, 0.25) is 0 Å². The van der Waals surface area contributed by atoms with Crippen LogP contribution in [0, 0.1) is 20.8 Å². The van der Waals surface area contributed by atoms with Crippen molar-refractivity contribution in [2.24, 2.45) is 0 Å². The van der Waals surface area contributed by atoms with Crippen molar-refractivity contribution >= 4 is 11.6 Å². The van der Waals surface area contributed by atoms with Crippen LogP contribution in [-0.2, 0) is 0 Å². The van der Waals surface area contributed by atoms with Crippen LogP contribution in [0.3, 0.4) is 0 Å². The molecule has 1 aromatic carbocycles. The molecular formula is C15H21N3. The molecule has 0 saturated carbocycles. The molecule has 0 bridgehead atoms. The van der Waals surface area contributed by atoms with Gasteiger partial charge in [0.2, 0.25) is 5.95 Å². The van der Waals surface area contributed by atoms with E-state index in [1.54, 1.807) is 0 Å². The first-order valence-corrected chi connectivity index (χ1v) is 6.29. The summed E-state index contributed by atoms with van der Waals surface area (Å²) in [6.45, 7) is 10.0. The quantitative estimate of drug-likeness (QED) is 0.860. The first-order valence-electron chi connectivity index (χ1n) is 6.29. The third kappa shape index (κ3) is 4.17. The van der Waals surface area contributed by atoms with E-state index < -0.39 is 0 Å². The van der Waals surface area contributed by atoms with Gasteiger partial charge in [0.25, 0.3) is 0 Å². The Hall–Kier alpha value is -1.90. The normalized spacial score (nSPS) is 9.39. The molecule has 0 atom stereocenters. The van der Waals surface area contributed by atoms with Crippen molar-refractivity contribution in [2.75, 3.05) is 5.32 Å². The van der Waals surface area contributed by atoms with Crippen molar-refractivity contribution in [3.8, 4) is 0 Å². The van der Waals surface area contributed by atoms with Crippen molar-refractivity contribution in [1.82, 2.24) is 9.97 Å². The molecule has 0 fully saturated rings. The molecule has 1 heterocycles. The van der Waals surface area contributed by atoms with Crippen LogP contribution in [0.15, 0.2) is 30.3 Å². The van der Waals surface area contributed by atoms with Crippen molar-refractivity contribution in [3.05, 3.63) is 47.3 Å². The molecule has 0 saturated heterocycles. The highest BCUT2D eigenvalue weighted by Gasteiger charge is 1.99. The van der Waals surface area contributed by atoms with Crippen LogP contribution >= 0.6 is 0 Å². The van der Waals surface area contributed by atoms with Crippen molar-refractivity contribution in [1.29, 1.82) is 0 Å². The van der Waals surface area contributed by atoms with Crippen LogP contribution in [0.1, 0.15) is 30.8 Å². The molecule has 0 amide bonds. The summed E-state index contributed by atoms with van der Waals surface area (Å²) in [6, 6.07) is 10.1. The molecule has 0 aliphatic heterocycles. The molecule has 3 heteroatoms. The molecule has 0 aliphatic rings. The number of anilines is 2. The molecule has 1 aromatic heterocycles. The Balaban J connectivity index is 0.000000771. The van der Waals surface area contributed by atoms with E-state index in [2.05, 4.69) is 34.3 Å². The Morgan fingerprint density at radius 2 is 1.33 bits per heavy atom. The molecule has 0 spiro atoms. The third-order valence-electron chi connectivity index (χ3n) is 2.29. The lowest BCUT2D eigenvalue weighted by Gasteiger charge is -2.06. The van der Waals surface area contributed by atoms with Gasteiger partial charge in [0.1, 0.15) is 0 Å². The predicted octanol–water partition coefficient (Wildman–Crippen LogP) is 4.17. The second kappa shape index (κ2) is 6.74. The Morgan fingerprint density at radius 3 is 1.83 bits per heavy atom. The highest BCUT2D eigenvalue weighted by Crippen LogP contribution is 2.14. The highest BCUT2D eigenvalue weighted by atomic mass is 15.1. The lowest BCUT2D eigenvalue weighted by atomic mass is 10.2. The predicted molar refractivity (Wildman–Crippen MR) is 77.3 cm³/mol. The van der Waals surface area contributed by atoms with Gasteiger partial charge < -0.3 is 5.32 Å². The molecule has 2 aromatic rings. The monoisotopic (exact) mass is 243 g/mol. The molecule has 3 nitrogen and oxygen atoms in total. The zero-order chi connectivity index (χ0) is 13.5. The van der Waals surface area contributed by atoms with E-state index in [1.807, 2.05) is 45.9 Å². The molecule has 0 unspecified atom stereocenters. The van der Waals surface area contributed by atoms with Gasteiger partial charge in [-0.1, -0.05) is 31.5 Å². The minimum absolute atomic E-state index is 0.654. The molecule has 0 radical (unpaired) electrons. The Morgan fingerprint density at radius 1 is 0.833 bits per heavy atom. The summed E-state index contributed by atoms with van der Waals surface area (Å²) in [6.07, 6.45) is 0. The van der Waals surface area contributed by atoms with Crippen LogP contribution in [0.5, 0.6) is 0 Å². The molecular weight excluding hydrogens is 222 g/mol. The van der Waals surface area contributed by atoms with E-state index in [0.29, 0.717) is 5.95 Å². The number of rotatable bonds is 2. The highest BCUT2D eigenvalue weighted by molar-refractivity contribution is 5.53. The van der Waals surface area contributed by atoms with E-state index in [1.165, 1.54) is 5.56 Å². The zero-order valence-corrected chi connectivity index (χ0v) is 11.8. The molecule has 18 heavy (non-hydrogen) atoms. The van der Waals surface area contributed by atoms with Crippen molar-refractivity contribution in [2.45, 2.75) is 34.6 Å².